The lowest BCUT2D eigenvalue weighted by molar-refractivity contribution is 0.521. The molecule has 0 aliphatic rings. The Kier molecular flexibility index (Phi) is 4.75. The minimum Gasteiger partial charge on any atom is -0.299 e. The number of nitrogens with one attached hydrogen (secondary N) is 1. The van der Waals surface area contributed by atoms with Crippen LogP contribution in [0.25, 0.3) is 10.7 Å². The second-order valence-electron chi connectivity index (χ2n) is 5.69. The summed E-state index contributed by atoms with van der Waals surface area (Å²) < 4.78 is 2.79. The maximum absolute atomic E-state index is 5.36. The summed E-state index contributed by atoms with van der Waals surface area (Å²) in [6, 6.07) is 0. The van der Waals surface area contributed by atoms with Crippen LogP contribution >= 0.6 is 23.6 Å². The highest BCUT2D eigenvalue weighted by Gasteiger charge is 2.20. The molecule has 0 aromatic carbocycles. The van der Waals surface area contributed by atoms with Gasteiger partial charge in [0.05, 0.1) is 15.6 Å². The molecule has 0 saturated heterocycles. The number of aromatic amines is 1. The van der Waals surface area contributed by atoms with E-state index in [1.54, 1.807) is 11.3 Å². The fourth-order valence-electron chi connectivity index (χ4n) is 2.11. The average molecular weight is 310 g/mol. The number of thiazole rings is 1. The highest BCUT2D eigenvalue weighted by molar-refractivity contribution is 7.71. The molecule has 2 aromatic rings. The first-order valence-corrected chi connectivity index (χ1v) is 8.31. The summed E-state index contributed by atoms with van der Waals surface area (Å²) in [7, 11) is 0. The number of hydrogen-bond acceptors (Lipinski definition) is 4. The molecule has 0 unspecified atom stereocenters. The summed E-state index contributed by atoms with van der Waals surface area (Å²) in [5, 5.41) is 8.54. The van der Waals surface area contributed by atoms with Crippen molar-refractivity contribution in [3.8, 4) is 10.7 Å². The smallest absolute Gasteiger partial charge is 0.195 e. The third kappa shape index (κ3) is 3.01. The van der Waals surface area contributed by atoms with Gasteiger partial charge in [-0.1, -0.05) is 34.6 Å². The fourth-order valence-corrected chi connectivity index (χ4v) is 3.47. The van der Waals surface area contributed by atoms with Crippen LogP contribution in [-0.2, 0) is 13.0 Å². The molecule has 110 valence electrons. The molecule has 2 heterocycles. The normalized spacial score (nSPS) is 11.8. The van der Waals surface area contributed by atoms with E-state index in [2.05, 4.69) is 49.4 Å². The van der Waals surface area contributed by atoms with E-state index < -0.39 is 0 Å². The Morgan fingerprint density at radius 2 is 2.00 bits per heavy atom. The second kappa shape index (κ2) is 6.18. The molecule has 2 rings (SSSR count). The van der Waals surface area contributed by atoms with Gasteiger partial charge in [-0.2, -0.15) is 5.10 Å². The molecule has 1 N–H and O–H groups in total. The Bertz CT molecular complexity index is 634. The highest BCUT2D eigenvalue weighted by atomic mass is 32.1. The Labute approximate surface area is 129 Å². The Balaban J connectivity index is 2.56. The summed E-state index contributed by atoms with van der Waals surface area (Å²) in [4.78, 5) is 5.91. The molecule has 0 aliphatic carbocycles. The monoisotopic (exact) mass is 310 g/mol. The van der Waals surface area contributed by atoms with Crippen LogP contribution in [-0.4, -0.2) is 19.7 Å². The number of nitrogens with zero attached hydrogens (tertiary/aromatic N) is 3. The summed E-state index contributed by atoms with van der Waals surface area (Å²) >= 11 is 7.10. The van der Waals surface area contributed by atoms with Gasteiger partial charge < -0.3 is 0 Å². The average Bonchev–Trinajstić information content (AvgIpc) is 2.94. The molecule has 4 nitrogen and oxygen atoms in total. The van der Waals surface area contributed by atoms with Crippen molar-refractivity contribution in [2.24, 2.45) is 5.92 Å². The number of H-pyrrole nitrogens is 1. The van der Waals surface area contributed by atoms with E-state index in [-0.39, 0.29) is 0 Å². The minimum atomic E-state index is 0.388. The molecule has 0 bridgehead atoms. The van der Waals surface area contributed by atoms with Crippen LogP contribution in [0.1, 0.15) is 51.2 Å². The van der Waals surface area contributed by atoms with E-state index in [1.165, 1.54) is 0 Å². The van der Waals surface area contributed by atoms with Crippen molar-refractivity contribution in [2.75, 3.05) is 0 Å². The first-order chi connectivity index (χ1) is 9.43. The first-order valence-electron chi connectivity index (χ1n) is 7.09. The Morgan fingerprint density at radius 1 is 1.30 bits per heavy atom. The van der Waals surface area contributed by atoms with Crippen molar-refractivity contribution >= 4 is 23.6 Å². The van der Waals surface area contributed by atoms with E-state index in [0.29, 0.717) is 16.6 Å². The summed E-state index contributed by atoms with van der Waals surface area (Å²) in [6.07, 6.45) is 0.958. The molecular formula is C14H22N4S2. The van der Waals surface area contributed by atoms with Gasteiger partial charge in [0.2, 0.25) is 0 Å². The van der Waals surface area contributed by atoms with E-state index in [1.807, 2.05) is 0 Å². The van der Waals surface area contributed by atoms with Gasteiger partial charge in [0.15, 0.2) is 10.6 Å². The number of aryl methyl sites for hydroxylation is 1. The third-order valence-electron chi connectivity index (χ3n) is 3.06. The van der Waals surface area contributed by atoms with Crippen molar-refractivity contribution in [3.63, 3.8) is 0 Å². The molecule has 0 aliphatic heterocycles. The number of hydrogen-bond donors (Lipinski definition) is 1. The lowest BCUT2D eigenvalue weighted by Crippen LogP contribution is -2.07. The zero-order valence-corrected chi connectivity index (χ0v) is 14.4. The van der Waals surface area contributed by atoms with Crippen LogP contribution < -0.4 is 0 Å². The molecule has 0 radical (unpaired) electrons. The lowest BCUT2D eigenvalue weighted by Gasteiger charge is -2.10. The van der Waals surface area contributed by atoms with Gasteiger partial charge in [-0.25, -0.2) is 4.98 Å². The van der Waals surface area contributed by atoms with E-state index in [4.69, 9.17) is 17.2 Å². The molecule has 0 saturated carbocycles. The first kappa shape index (κ1) is 15.4. The van der Waals surface area contributed by atoms with Gasteiger partial charge >= 0.3 is 0 Å². The molecule has 0 amide bonds. The Hall–Kier alpha value is -1.01. The molecule has 0 spiro atoms. The highest BCUT2D eigenvalue weighted by Crippen LogP contribution is 2.34. The summed E-state index contributed by atoms with van der Waals surface area (Å²) in [6.45, 7) is 11.7. The molecule has 0 atom stereocenters. The fraction of sp³-hybridized carbons (Fsp3) is 0.643. The van der Waals surface area contributed by atoms with Crippen LogP contribution in [0.2, 0.25) is 0 Å². The largest absolute Gasteiger partial charge is 0.299 e. The van der Waals surface area contributed by atoms with Gasteiger partial charge in [-0.15, -0.1) is 11.3 Å². The Morgan fingerprint density at radius 3 is 2.55 bits per heavy atom. The molecule has 20 heavy (non-hydrogen) atoms. The maximum Gasteiger partial charge on any atom is 0.195 e. The standard InChI is InChI=1S/C14H22N4S2/c1-6-10-15-11(9(4)5)12(20-10)13-16-17-14(19)18(13)7-8(2)3/h8-9H,6-7H2,1-5H3,(H,17,19). The van der Waals surface area contributed by atoms with E-state index in [0.717, 1.165) is 34.4 Å². The zero-order chi connectivity index (χ0) is 14.9. The van der Waals surface area contributed by atoms with Crippen LogP contribution in [0, 0.1) is 10.7 Å². The SMILES string of the molecule is CCc1nc(C(C)C)c(-c2n[nH]c(=S)n2CC(C)C)s1. The number of rotatable bonds is 5. The predicted molar refractivity (Wildman–Crippen MR) is 86.8 cm³/mol. The van der Waals surface area contributed by atoms with Gasteiger partial charge in [-0.3, -0.25) is 9.67 Å². The summed E-state index contributed by atoms with van der Waals surface area (Å²) in [5.74, 6) is 1.85. The van der Waals surface area contributed by atoms with E-state index in [9.17, 15) is 0 Å². The second-order valence-corrected chi connectivity index (χ2v) is 7.16. The maximum atomic E-state index is 5.36. The van der Waals surface area contributed by atoms with Crippen molar-refractivity contribution in [1.29, 1.82) is 0 Å². The van der Waals surface area contributed by atoms with Crippen LogP contribution in [0.5, 0.6) is 0 Å². The van der Waals surface area contributed by atoms with Crippen LogP contribution in [0.3, 0.4) is 0 Å². The predicted octanol–water partition coefficient (Wildman–Crippen LogP) is 4.41. The quantitative estimate of drug-likeness (QED) is 0.832. The van der Waals surface area contributed by atoms with Crippen molar-refractivity contribution in [2.45, 2.75) is 53.5 Å². The van der Waals surface area contributed by atoms with E-state index >= 15 is 0 Å². The van der Waals surface area contributed by atoms with Gasteiger partial charge in [0.1, 0.15) is 0 Å². The molecule has 0 fully saturated rings. The van der Waals surface area contributed by atoms with Crippen molar-refractivity contribution in [3.05, 3.63) is 15.5 Å². The topological polar surface area (TPSA) is 46.5 Å². The van der Waals surface area contributed by atoms with Crippen molar-refractivity contribution in [1.82, 2.24) is 19.7 Å². The van der Waals surface area contributed by atoms with Gasteiger partial charge in [-0.05, 0) is 30.5 Å². The zero-order valence-electron chi connectivity index (χ0n) is 12.7. The van der Waals surface area contributed by atoms with Crippen LogP contribution in [0.4, 0.5) is 0 Å². The molecule has 2 aromatic heterocycles. The molecular weight excluding hydrogens is 288 g/mol. The molecule has 6 heteroatoms. The minimum absolute atomic E-state index is 0.388. The number of aromatic nitrogens is 4. The van der Waals surface area contributed by atoms with Crippen LogP contribution in [0.15, 0.2) is 0 Å². The lowest BCUT2D eigenvalue weighted by atomic mass is 10.1. The van der Waals surface area contributed by atoms with Crippen molar-refractivity contribution < 1.29 is 0 Å². The summed E-state index contributed by atoms with van der Waals surface area (Å²) in [5.41, 5.74) is 1.13. The van der Waals surface area contributed by atoms with Gasteiger partial charge in [0.25, 0.3) is 0 Å². The van der Waals surface area contributed by atoms with Gasteiger partial charge in [0, 0.05) is 6.54 Å². The third-order valence-corrected chi connectivity index (χ3v) is 4.58.